The highest BCUT2D eigenvalue weighted by Gasteiger charge is 2.33. The number of halogens is 3. The molecule has 0 saturated heterocycles. The maximum Gasteiger partial charge on any atom is 0.433 e. The monoisotopic (exact) mass is 260 g/mol. The van der Waals surface area contributed by atoms with Gasteiger partial charge in [-0.15, -0.1) is 0 Å². The van der Waals surface area contributed by atoms with E-state index in [1.54, 1.807) is 6.92 Å². The molecule has 0 saturated carbocycles. The summed E-state index contributed by atoms with van der Waals surface area (Å²) in [6.45, 7) is 5.63. The lowest BCUT2D eigenvalue weighted by molar-refractivity contribution is -0.141. The summed E-state index contributed by atoms with van der Waals surface area (Å²) in [4.78, 5) is 14.9. The van der Waals surface area contributed by atoms with Crippen LogP contribution in [0, 0.1) is 5.92 Å². The summed E-state index contributed by atoms with van der Waals surface area (Å²) < 4.78 is 37.3. The largest absolute Gasteiger partial charge is 0.433 e. The first-order valence-corrected chi connectivity index (χ1v) is 5.56. The molecule has 1 N–H and O–H groups in total. The minimum atomic E-state index is -4.54. The van der Waals surface area contributed by atoms with Crippen LogP contribution in [0.5, 0.6) is 0 Å². The minimum Gasteiger partial charge on any atom is -0.349 e. The van der Waals surface area contributed by atoms with E-state index in [1.807, 2.05) is 13.8 Å². The topological polar surface area (TPSA) is 42.0 Å². The molecule has 100 valence electrons. The van der Waals surface area contributed by atoms with Gasteiger partial charge in [-0.25, -0.2) is 0 Å². The number of nitrogens with one attached hydrogen (secondary N) is 1. The molecule has 1 aromatic heterocycles. The lowest BCUT2D eigenvalue weighted by Crippen LogP contribution is -2.36. The smallest absolute Gasteiger partial charge is 0.349 e. The van der Waals surface area contributed by atoms with E-state index in [2.05, 4.69) is 10.3 Å². The summed E-state index contributed by atoms with van der Waals surface area (Å²) in [6.07, 6.45) is -3.56. The highest BCUT2D eigenvalue weighted by atomic mass is 19.4. The Bertz CT molecular complexity index is 430. The molecule has 0 spiro atoms. The minimum absolute atomic E-state index is 0.0372. The standard InChI is InChI=1S/C12H15F3N2O/c1-7(2)8(3)17-11(18)9-4-5-16-10(6-9)12(13,14)15/h4-8H,1-3H3,(H,17,18)/t8-/m1/s1. The summed E-state index contributed by atoms with van der Waals surface area (Å²) in [5.41, 5.74) is -1.10. The highest BCUT2D eigenvalue weighted by Crippen LogP contribution is 2.27. The second-order valence-electron chi connectivity index (χ2n) is 4.43. The maximum atomic E-state index is 12.4. The number of nitrogens with zero attached hydrogens (tertiary/aromatic N) is 1. The van der Waals surface area contributed by atoms with Crippen molar-refractivity contribution in [1.29, 1.82) is 0 Å². The molecular weight excluding hydrogens is 245 g/mol. The van der Waals surface area contributed by atoms with Crippen molar-refractivity contribution >= 4 is 5.91 Å². The number of rotatable bonds is 3. The Hall–Kier alpha value is -1.59. The zero-order valence-electron chi connectivity index (χ0n) is 10.4. The zero-order chi connectivity index (χ0) is 13.9. The van der Waals surface area contributed by atoms with Crippen molar-refractivity contribution in [3.8, 4) is 0 Å². The quantitative estimate of drug-likeness (QED) is 0.908. The van der Waals surface area contributed by atoms with Crippen molar-refractivity contribution < 1.29 is 18.0 Å². The molecule has 0 aromatic carbocycles. The van der Waals surface area contributed by atoms with Crippen LogP contribution >= 0.6 is 0 Å². The van der Waals surface area contributed by atoms with Crippen LogP contribution in [-0.4, -0.2) is 16.9 Å². The van der Waals surface area contributed by atoms with Crippen molar-refractivity contribution in [2.45, 2.75) is 33.0 Å². The van der Waals surface area contributed by atoms with Gasteiger partial charge in [0.15, 0.2) is 0 Å². The summed E-state index contributed by atoms with van der Waals surface area (Å²) >= 11 is 0. The molecular formula is C12H15F3N2O. The molecule has 0 aliphatic carbocycles. The van der Waals surface area contributed by atoms with Gasteiger partial charge < -0.3 is 5.32 Å². The van der Waals surface area contributed by atoms with Crippen LogP contribution in [0.1, 0.15) is 36.8 Å². The number of amides is 1. The van der Waals surface area contributed by atoms with E-state index in [1.165, 1.54) is 6.07 Å². The van der Waals surface area contributed by atoms with Crippen molar-refractivity contribution in [2.24, 2.45) is 5.92 Å². The molecule has 0 fully saturated rings. The van der Waals surface area contributed by atoms with Crippen LogP contribution in [0.15, 0.2) is 18.3 Å². The number of carbonyl (C=O) groups excluding carboxylic acids is 1. The average Bonchev–Trinajstić information content (AvgIpc) is 2.27. The first kappa shape index (κ1) is 14.5. The maximum absolute atomic E-state index is 12.4. The number of carbonyl (C=O) groups is 1. The van der Waals surface area contributed by atoms with Gasteiger partial charge in [0.05, 0.1) is 0 Å². The summed E-state index contributed by atoms with van der Waals surface area (Å²) in [5, 5.41) is 2.64. The normalized spacial score (nSPS) is 13.5. The summed E-state index contributed by atoms with van der Waals surface area (Å²) in [6, 6.07) is 1.90. The number of pyridine rings is 1. The third-order valence-electron chi connectivity index (χ3n) is 2.67. The van der Waals surface area contributed by atoms with Gasteiger partial charge in [0.2, 0.25) is 0 Å². The summed E-state index contributed by atoms with van der Waals surface area (Å²) in [5.74, 6) is -0.318. The predicted octanol–water partition coefficient (Wildman–Crippen LogP) is 2.87. The van der Waals surface area contributed by atoms with Crippen LogP contribution < -0.4 is 5.32 Å². The van der Waals surface area contributed by atoms with Crippen LogP contribution in [0.4, 0.5) is 13.2 Å². The molecule has 0 radical (unpaired) electrons. The molecule has 18 heavy (non-hydrogen) atoms. The fourth-order valence-electron chi connectivity index (χ4n) is 1.18. The van der Waals surface area contributed by atoms with Gasteiger partial charge in [-0.1, -0.05) is 13.8 Å². The molecule has 1 amide bonds. The second-order valence-corrected chi connectivity index (χ2v) is 4.43. The zero-order valence-corrected chi connectivity index (χ0v) is 10.4. The van der Waals surface area contributed by atoms with Gasteiger partial charge in [0.1, 0.15) is 5.69 Å². The van der Waals surface area contributed by atoms with Gasteiger partial charge >= 0.3 is 6.18 Å². The lowest BCUT2D eigenvalue weighted by Gasteiger charge is -2.17. The van der Waals surface area contributed by atoms with E-state index >= 15 is 0 Å². The molecule has 0 aliphatic rings. The molecule has 3 nitrogen and oxygen atoms in total. The van der Waals surface area contributed by atoms with Crippen LogP contribution in [-0.2, 0) is 6.18 Å². The van der Waals surface area contributed by atoms with Crippen LogP contribution in [0.25, 0.3) is 0 Å². The fraction of sp³-hybridized carbons (Fsp3) is 0.500. The van der Waals surface area contributed by atoms with Gasteiger partial charge in [-0.3, -0.25) is 9.78 Å². The number of alkyl halides is 3. The Morgan fingerprint density at radius 2 is 1.94 bits per heavy atom. The molecule has 1 rings (SSSR count). The highest BCUT2D eigenvalue weighted by molar-refractivity contribution is 5.94. The Kier molecular flexibility index (Phi) is 4.32. The van der Waals surface area contributed by atoms with Crippen LogP contribution in [0.2, 0.25) is 0 Å². The van der Waals surface area contributed by atoms with Crippen LogP contribution in [0.3, 0.4) is 0 Å². The molecule has 1 heterocycles. The molecule has 0 bridgehead atoms. The van der Waals surface area contributed by atoms with Crippen molar-refractivity contribution in [2.75, 3.05) is 0 Å². The number of hydrogen-bond donors (Lipinski definition) is 1. The first-order valence-electron chi connectivity index (χ1n) is 5.56. The van der Waals surface area contributed by atoms with Gasteiger partial charge in [-0.2, -0.15) is 13.2 Å². The SMILES string of the molecule is CC(C)[C@@H](C)NC(=O)c1ccnc(C(F)(F)F)c1. The second kappa shape index (κ2) is 5.37. The molecule has 6 heteroatoms. The van der Waals surface area contributed by atoms with Crippen molar-refractivity contribution in [3.05, 3.63) is 29.6 Å². The van der Waals surface area contributed by atoms with E-state index in [4.69, 9.17) is 0 Å². The van der Waals surface area contributed by atoms with Crippen molar-refractivity contribution in [3.63, 3.8) is 0 Å². The Labute approximate surface area is 103 Å². The molecule has 0 aliphatic heterocycles. The van der Waals surface area contributed by atoms with E-state index in [0.717, 1.165) is 12.3 Å². The van der Waals surface area contributed by atoms with Crippen molar-refractivity contribution in [1.82, 2.24) is 10.3 Å². The molecule has 0 unspecified atom stereocenters. The Morgan fingerprint density at radius 3 is 2.44 bits per heavy atom. The van der Waals surface area contributed by atoms with E-state index in [-0.39, 0.29) is 17.5 Å². The molecule has 1 aromatic rings. The Balaban J connectivity index is 2.87. The molecule has 1 atom stereocenters. The predicted molar refractivity (Wildman–Crippen MR) is 61.0 cm³/mol. The number of aromatic nitrogens is 1. The van der Waals surface area contributed by atoms with Gasteiger partial charge in [-0.05, 0) is 25.0 Å². The van der Waals surface area contributed by atoms with Gasteiger partial charge in [0.25, 0.3) is 5.91 Å². The summed E-state index contributed by atoms with van der Waals surface area (Å²) in [7, 11) is 0. The van der Waals surface area contributed by atoms with Gasteiger partial charge in [0, 0.05) is 17.8 Å². The third-order valence-corrected chi connectivity index (χ3v) is 2.67. The lowest BCUT2D eigenvalue weighted by atomic mass is 10.1. The van der Waals surface area contributed by atoms with E-state index in [9.17, 15) is 18.0 Å². The van der Waals surface area contributed by atoms with E-state index < -0.39 is 17.8 Å². The number of hydrogen-bond acceptors (Lipinski definition) is 2. The Morgan fingerprint density at radius 1 is 1.33 bits per heavy atom. The third kappa shape index (κ3) is 3.72. The average molecular weight is 260 g/mol. The fourth-order valence-corrected chi connectivity index (χ4v) is 1.18. The first-order chi connectivity index (χ1) is 8.21. The van der Waals surface area contributed by atoms with E-state index in [0.29, 0.717) is 0 Å².